The number of carbonyl (C=O) groups excluding carboxylic acids is 1. The molecule has 1 unspecified atom stereocenters. The Bertz CT molecular complexity index is 468. The highest BCUT2D eigenvalue weighted by molar-refractivity contribution is 5.78. The molecule has 0 bridgehead atoms. The average molecular weight is 278 g/mol. The largest absolute Gasteiger partial charge is 0.493 e. The van der Waals surface area contributed by atoms with E-state index in [1.54, 1.807) is 13.2 Å². The molecular formula is C15H22N2O3. The van der Waals surface area contributed by atoms with Gasteiger partial charge in [-0.15, -0.1) is 0 Å². The number of ether oxygens (including phenoxy) is 2. The predicted octanol–water partition coefficient (Wildman–Crippen LogP) is 1.72. The van der Waals surface area contributed by atoms with Crippen molar-refractivity contribution in [3.63, 3.8) is 0 Å². The maximum absolute atomic E-state index is 11.9. The first-order valence-electron chi connectivity index (χ1n) is 6.96. The van der Waals surface area contributed by atoms with E-state index in [9.17, 15) is 4.79 Å². The number of likely N-dealkylation sites (tertiary alicyclic amines) is 1. The van der Waals surface area contributed by atoms with E-state index < -0.39 is 0 Å². The number of rotatable bonds is 5. The molecular weight excluding hydrogens is 256 g/mol. The van der Waals surface area contributed by atoms with Gasteiger partial charge in [0, 0.05) is 19.1 Å². The van der Waals surface area contributed by atoms with Crippen LogP contribution in [0.15, 0.2) is 18.2 Å². The molecule has 1 saturated heterocycles. The number of nitrogens with zero attached hydrogens (tertiary/aromatic N) is 1. The number of hydrogen-bond acceptors (Lipinski definition) is 4. The Kier molecular flexibility index (Phi) is 4.84. The molecule has 0 spiro atoms. The molecule has 1 amide bonds. The summed E-state index contributed by atoms with van der Waals surface area (Å²) in [5, 5.41) is 0. The van der Waals surface area contributed by atoms with Gasteiger partial charge in [0.2, 0.25) is 0 Å². The highest BCUT2D eigenvalue weighted by Crippen LogP contribution is 2.29. The lowest BCUT2D eigenvalue weighted by Gasteiger charge is -2.17. The van der Waals surface area contributed by atoms with Crippen LogP contribution in [-0.2, 0) is 4.79 Å². The Morgan fingerprint density at radius 3 is 2.65 bits per heavy atom. The molecule has 2 rings (SSSR count). The van der Waals surface area contributed by atoms with E-state index in [2.05, 4.69) is 0 Å². The van der Waals surface area contributed by atoms with Gasteiger partial charge < -0.3 is 20.1 Å². The van der Waals surface area contributed by atoms with Gasteiger partial charge in [-0.1, -0.05) is 6.07 Å². The summed E-state index contributed by atoms with van der Waals surface area (Å²) in [7, 11) is 1.58. The highest BCUT2D eigenvalue weighted by atomic mass is 16.5. The molecule has 110 valence electrons. The molecule has 1 fully saturated rings. The zero-order valence-electron chi connectivity index (χ0n) is 12.1. The quantitative estimate of drug-likeness (QED) is 0.890. The van der Waals surface area contributed by atoms with Gasteiger partial charge in [-0.05, 0) is 37.5 Å². The van der Waals surface area contributed by atoms with Crippen LogP contribution in [0.3, 0.4) is 0 Å². The minimum atomic E-state index is -0.0656. The van der Waals surface area contributed by atoms with Crippen LogP contribution in [0.2, 0.25) is 0 Å². The monoisotopic (exact) mass is 278 g/mol. The van der Waals surface area contributed by atoms with Crippen molar-refractivity contribution in [3.05, 3.63) is 23.8 Å². The van der Waals surface area contributed by atoms with Crippen LogP contribution >= 0.6 is 0 Å². The third-order valence-electron chi connectivity index (χ3n) is 3.52. The van der Waals surface area contributed by atoms with Crippen molar-refractivity contribution in [1.29, 1.82) is 0 Å². The van der Waals surface area contributed by atoms with Crippen LogP contribution in [0.25, 0.3) is 0 Å². The van der Waals surface area contributed by atoms with Gasteiger partial charge >= 0.3 is 0 Å². The van der Waals surface area contributed by atoms with Gasteiger partial charge in [-0.25, -0.2) is 0 Å². The van der Waals surface area contributed by atoms with Crippen LogP contribution in [0.4, 0.5) is 0 Å². The third-order valence-corrected chi connectivity index (χ3v) is 3.52. The molecule has 1 aromatic rings. The number of nitrogens with two attached hydrogens (primary N) is 1. The van der Waals surface area contributed by atoms with Crippen LogP contribution < -0.4 is 15.2 Å². The Hall–Kier alpha value is -1.75. The zero-order valence-corrected chi connectivity index (χ0v) is 12.1. The molecule has 2 N–H and O–H groups in total. The highest BCUT2D eigenvalue weighted by Gasteiger charge is 2.19. The lowest BCUT2D eigenvalue weighted by Crippen LogP contribution is -2.32. The Balaban J connectivity index is 1.99. The SMILES string of the molecule is COc1cc(C(C)N)ccc1OCC(=O)N1CCCC1. The minimum Gasteiger partial charge on any atom is -0.493 e. The molecule has 5 nitrogen and oxygen atoms in total. The van der Waals surface area contributed by atoms with Gasteiger partial charge in [0.25, 0.3) is 5.91 Å². The van der Waals surface area contributed by atoms with E-state index in [0.717, 1.165) is 31.5 Å². The average Bonchev–Trinajstić information content (AvgIpc) is 2.98. The van der Waals surface area contributed by atoms with Gasteiger partial charge in [0.05, 0.1) is 7.11 Å². The van der Waals surface area contributed by atoms with Crippen molar-refractivity contribution in [2.75, 3.05) is 26.8 Å². The van der Waals surface area contributed by atoms with E-state index >= 15 is 0 Å². The summed E-state index contributed by atoms with van der Waals surface area (Å²) in [6.07, 6.45) is 2.16. The molecule has 0 aromatic heterocycles. The first-order valence-corrected chi connectivity index (χ1v) is 6.96. The Morgan fingerprint density at radius 1 is 1.35 bits per heavy atom. The summed E-state index contributed by atoms with van der Waals surface area (Å²) in [5.41, 5.74) is 6.81. The summed E-state index contributed by atoms with van der Waals surface area (Å²) < 4.78 is 10.9. The number of methoxy groups -OCH3 is 1. The van der Waals surface area contributed by atoms with Crippen LogP contribution in [0.1, 0.15) is 31.4 Å². The fourth-order valence-corrected chi connectivity index (χ4v) is 2.28. The number of hydrogen-bond donors (Lipinski definition) is 1. The van der Waals surface area contributed by atoms with Crippen molar-refractivity contribution in [3.8, 4) is 11.5 Å². The lowest BCUT2D eigenvalue weighted by atomic mass is 10.1. The maximum Gasteiger partial charge on any atom is 0.260 e. The molecule has 20 heavy (non-hydrogen) atoms. The molecule has 1 aliphatic heterocycles. The summed E-state index contributed by atoms with van der Waals surface area (Å²) in [6.45, 7) is 3.63. The first-order chi connectivity index (χ1) is 9.61. The Labute approximate surface area is 119 Å². The van der Waals surface area contributed by atoms with Gasteiger partial charge in [-0.3, -0.25) is 4.79 Å². The van der Waals surface area contributed by atoms with Crippen molar-refractivity contribution in [2.24, 2.45) is 5.73 Å². The fourth-order valence-electron chi connectivity index (χ4n) is 2.28. The molecule has 1 heterocycles. The second kappa shape index (κ2) is 6.61. The molecule has 0 radical (unpaired) electrons. The molecule has 1 aromatic carbocycles. The van der Waals surface area contributed by atoms with Crippen molar-refractivity contribution in [2.45, 2.75) is 25.8 Å². The van der Waals surface area contributed by atoms with Crippen molar-refractivity contribution >= 4 is 5.91 Å². The summed E-state index contributed by atoms with van der Waals surface area (Å²) in [6, 6.07) is 5.47. The van der Waals surface area contributed by atoms with Crippen molar-refractivity contribution in [1.82, 2.24) is 4.90 Å². The van der Waals surface area contributed by atoms with Crippen molar-refractivity contribution < 1.29 is 14.3 Å². The lowest BCUT2D eigenvalue weighted by molar-refractivity contribution is -0.132. The molecule has 1 atom stereocenters. The zero-order chi connectivity index (χ0) is 14.5. The summed E-state index contributed by atoms with van der Waals surface area (Å²) >= 11 is 0. The van der Waals surface area contributed by atoms with E-state index in [-0.39, 0.29) is 18.6 Å². The van der Waals surface area contributed by atoms with Gasteiger partial charge in [-0.2, -0.15) is 0 Å². The normalized spacial score (nSPS) is 16.1. The molecule has 5 heteroatoms. The maximum atomic E-state index is 11.9. The third kappa shape index (κ3) is 3.42. The van der Waals surface area contributed by atoms with Gasteiger partial charge in [0.1, 0.15) is 0 Å². The first kappa shape index (κ1) is 14.7. The van der Waals surface area contributed by atoms with Gasteiger partial charge in [0.15, 0.2) is 18.1 Å². The van der Waals surface area contributed by atoms with E-state index in [0.29, 0.717) is 11.5 Å². The predicted molar refractivity (Wildman–Crippen MR) is 76.9 cm³/mol. The second-order valence-corrected chi connectivity index (χ2v) is 5.08. The summed E-state index contributed by atoms with van der Waals surface area (Å²) in [5.74, 6) is 1.21. The standard InChI is InChI=1S/C15H22N2O3/c1-11(16)12-5-6-13(14(9-12)19-2)20-10-15(18)17-7-3-4-8-17/h5-6,9,11H,3-4,7-8,10,16H2,1-2H3. The number of amides is 1. The topological polar surface area (TPSA) is 64.8 Å². The number of benzene rings is 1. The minimum absolute atomic E-state index is 0.0285. The molecule has 0 aliphatic carbocycles. The van der Waals surface area contributed by atoms with E-state index in [1.807, 2.05) is 24.0 Å². The van der Waals surface area contributed by atoms with E-state index in [1.165, 1.54) is 0 Å². The van der Waals surface area contributed by atoms with Crippen LogP contribution in [0.5, 0.6) is 11.5 Å². The van der Waals surface area contributed by atoms with Crippen LogP contribution in [0, 0.1) is 0 Å². The van der Waals surface area contributed by atoms with Crippen LogP contribution in [-0.4, -0.2) is 37.6 Å². The second-order valence-electron chi connectivity index (χ2n) is 5.08. The smallest absolute Gasteiger partial charge is 0.260 e. The van der Waals surface area contributed by atoms with E-state index in [4.69, 9.17) is 15.2 Å². The Morgan fingerprint density at radius 2 is 2.05 bits per heavy atom. The summed E-state index contributed by atoms with van der Waals surface area (Å²) in [4.78, 5) is 13.8. The fraction of sp³-hybridized carbons (Fsp3) is 0.533. The molecule has 1 aliphatic rings. The number of carbonyl (C=O) groups is 1. The molecule has 0 saturated carbocycles.